The molecule has 0 bridgehead atoms. The summed E-state index contributed by atoms with van der Waals surface area (Å²) in [5.41, 5.74) is 2.15. The van der Waals surface area contributed by atoms with Crippen molar-refractivity contribution in [2.24, 2.45) is 5.92 Å². The molecule has 0 unspecified atom stereocenters. The Kier molecular flexibility index (Phi) is 7.07. The highest BCUT2D eigenvalue weighted by atomic mass is 79.9. The maximum atomic E-state index is 12.6. The zero-order valence-corrected chi connectivity index (χ0v) is 17.8. The van der Waals surface area contributed by atoms with Gasteiger partial charge in [0.25, 0.3) is 0 Å². The van der Waals surface area contributed by atoms with Crippen LogP contribution < -0.4 is 5.32 Å². The van der Waals surface area contributed by atoms with Crippen molar-refractivity contribution in [3.05, 3.63) is 39.7 Å². The molecular weight excluding hydrogens is 426 g/mol. The molecule has 1 N–H and O–H groups in total. The van der Waals surface area contributed by atoms with Gasteiger partial charge in [0.1, 0.15) is 10.6 Å². The number of carbonyl (C=O) groups excluding carboxylic acids is 2. The summed E-state index contributed by atoms with van der Waals surface area (Å²) in [5.74, 6) is 0.237. The van der Waals surface area contributed by atoms with Crippen LogP contribution in [-0.4, -0.2) is 18.5 Å². The topological polar surface area (TPSA) is 55.4 Å². The largest absolute Gasteiger partial charge is 0.462 e. The number of carbonyl (C=O) groups is 2. The first-order valence-corrected chi connectivity index (χ1v) is 11.1. The van der Waals surface area contributed by atoms with E-state index in [1.54, 1.807) is 6.92 Å². The Labute approximate surface area is 172 Å². The van der Waals surface area contributed by atoms with Gasteiger partial charge in [0.2, 0.25) is 5.91 Å². The van der Waals surface area contributed by atoms with Crippen molar-refractivity contribution >= 4 is 44.1 Å². The molecule has 0 atom stereocenters. The zero-order chi connectivity index (χ0) is 19.2. The Hall–Kier alpha value is -1.66. The van der Waals surface area contributed by atoms with Gasteiger partial charge in [0, 0.05) is 21.8 Å². The molecule has 1 aromatic carbocycles. The van der Waals surface area contributed by atoms with Crippen LogP contribution in [-0.2, 0) is 9.53 Å². The molecule has 144 valence electrons. The third kappa shape index (κ3) is 5.20. The highest BCUT2D eigenvalue weighted by Crippen LogP contribution is 2.37. The van der Waals surface area contributed by atoms with Crippen LogP contribution in [0, 0.1) is 5.92 Å². The van der Waals surface area contributed by atoms with Crippen LogP contribution in [0.3, 0.4) is 0 Å². The second kappa shape index (κ2) is 9.51. The first kappa shape index (κ1) is 20.1. The maximum Gasteiger partial charge on any atom is 0.341 e. The predicted molar refractivity (Wildman–Crippen MR) is 113 cm³/mol. The lowest BCUT2D eigenvalue weighted by Gasteiger charge is -2.10. The van der Waals surface area contributed by atoms with Gasteiger partial charge in [-0.2, -0.15) is 0 Å². The number of ether oxygens (including phenoxy) is 1. The van der Waals surface area contributed by atoms with E-state index in [-0.39, 0.29) is 5.91 Å². The molecule has 1 aliphatic rings. The SMILES string of the molecule is CCOC(=O)c1c(-c2ccc(Br)cc2)csc1NC(=O)CCC1CCCC1. The van der Waals surface area contributed by atoms with Crippen molar-refractivity contribution in [3.8, 4) is 11.1 Å². The van der Waals surface area contributed by atoms with Gasteiger partial charge < -0.3 is 10.1 Å². The van der Waals surface area contributed by atoms with E-state index in [2.05, 4.69) is 21.2 Å². The number of thiophene rings is 1. The van der Waals surface area contributed by atoms with Crippen molar-refractivity contribution in [1.82, 2.24) is 0 Å². The summed E-state index contributed by atoms with van der Waals surface area (Å²) in [5, 5.41) is 5.42. The van der Waals surface area contributed by atoms with Crippen LogP contribution >= 0.6 is 27.3 Å². The molecule has 1 aliphatic carbocycles. The minimum atomic E-state index is -0.400. The summed E-state index contributed by atoms with van der Waals surface area (Å²) < 4.78 is 6.21. The molecule has 27 heavy (non-hydrogen) atoms. The molecule has 3 rings (SSSR count). The molecule has 0 aliphatic heterocycles. The van der Waals surface area contributed by atoms with Gasteiger partial charge >= 0.3 is 5.97 Å². The lowest BCUT2D eigenvalue weighted by atomic mass is 10.0. The smallest absolute Gasteiger partial charge is 0.341 e. The molecule has 0 spiro atoms. The number of amides is 1. The predicted octanol–water partition coefficient (Wildman–Crippen LogP) is 6.26. The average molecular weight is 450 g/mol. The number of hydrogen-bond donors (Lipinski definition) is 1. The van der Waals surface area contributed by atoms with E-state index < -0.39 is 5.97 Å². The van der Waals surface area contributed by atoms with Crippen LogP contribution in [0.5, 0.6) is 0 Å². The number of esters is 1. The van der Waals surface area contributed by atoms with Crippen LogP contribution in [0.1, 0.15) is 55.8 Å². The Morgan fingerprint density at radius 3 is 2.59 bits per heavy atom. The van der Waals surface area contributed by atoms with Crippen molar-refractivity contribution < 1.29 is 14.3 Å². The van der Waals surface area contributed by atoms with E-state index in [0.29, 0.717) is 29.5 Å². The van der Waals surface area contributed by atoms with Gasteiger partial charge in [-0.3, -0.25) is 4.79 Å². The summed E-state index contributed by atoms with van der Waals surface area (Å²) in [6.45, 7) is 2.08. The number of anilines is 1. The van der Waals surface area contributed by atoms with Crippen molar-refractivity contribution in [3.63, 3.8) is 0 Å². The van der Waals surface area contributed by atoms with Crippen molar-refractivity contribution in [2.75, 3.05) is 11.9 Å². The second-order valence-corrected chi connectivity index (χ2v) is 8.61. The van der Waals surface area contributed by atoms with Gasteiger partial charge in [0.15, 0.2) is 0 Å². The minimum absolute atomic E-state index is 0.0309. The first-order chi connectivity index (χ1) is 13.1. The molecule has 1 aromatic heterocycles. The maximum absolute atomic E-state index is 12.6. The minimum Gasteiger partial charge on any atom is -0.462 e. The van der Waals surface area contributed by atoms with E-state index >= 15 is 0 Å². The Morgan fingerprint density at radius 1 is 1.22 bits per heavy atom. The van der Waals surface area contributed by atoms with Gasteiger partial charge in [-0.1, -0.05) is 53.7 Å². The number of hydrogen-bond acceptors (Lipinski definition) is 4. The fraction of sp³-hybridized carbons (Fsp3) is 0.429. The third-order valence-electron chi connectivity index (χ3n) is 4.93. The number of rotatable bonds is 7. The van der Waals surface area contributed by atoms with Gasteiger partial charge in [-0.05, 0) is 37.0 Å². The lowest BCUT2D eigenvalue weighted by Crippen LogP contribution is -2.15. The number of benzene rings is 1. The number of nitrogens with one attached hydrogen (secondary N) is 1. The van der Waals surface area contributed by atoms with Crippen LogP contribution in [0.25, 0.3) is 11.1 Å². The van der Waals surface area contributed by atoms with Gasteiger partial charge in [-0.25, -0.2) is 4.79 Å². The molecule has 4 nitrogen and oxygen atoms in total. The normalized spacial score (nSPS) is 14.3. The summed E-state index contributed by atoms with van der Waals surface area (Å²) in [6.07, 6.45) is 6.44. The molecule has 6 heteroatoms. The Morgan fingerprint density at radius 2 is 1.93 bits per heavy atom. The molecule has 2 aromatic rings. The van der Waals surface area contributed by atoms with Crippen LogP contribution in [0.15, 0.2) is 34.1 Å². The van der Waals surface area contributed by atoms with Gasteiger partial charge in [-0.15, -0.1) is 11.3 Å². The quantitative estimate of drug-likeness (QED) is 0.507. The molecular formula is C21H24BrNO3S. The standard InChI is InChI=1S/C21H24BrNO3S/c1-2-26-21(25)19-17(15-8-10-16(22)11-9-15)13-27-20(19)23-18(24)12-7-14-5-3-4-6-14/h8-11,13-14H,2-7,12H2,1H3,(H,23,24). The summed E-state index contributed by atoms with van der Waals surface area (Å²) in [6, 6.07) is 7.75. The van der Waals surface area contributed by atoms with Crippen molar-refractivity contribution in [2.45, 2.75) is 45.4 Å². The van der Waals surface area contributed by atoms with Crippen LogP contribution in [0.4, 0.5) is 5.00 Å². The molecule has 1 heterocycles. The Balaban J connectivity index is 1.78. The average Bonchev–Trinajstić information content (AvgIpc) is 3.31. The van der Waals surface area contributed by atoms with Gasteiger partial charge in [0.05, 0.1) is 6.61 Å². The highest BCUT2D eigenvalue weighted by Gasteiger charge is 2.23. The Bertz CT molecular complexity index is 794. The van der Waals surface area contributed by atoms with Crippen LogP contribution in [0.2, 0.25) is 0 Å². The first-order valence-electron chi connectivity index (χ1n) is 9.43. The van der Waals surface area contributed by atoms with Crippen molar-refractivity contribution in [1.29, 1.82) is 0 Å². The third-order valence-corrected chi connectivity index (χ3v) is 6.36. The fourth-order valence-corrected chi connectivity index (χ4v) is 4.76. The molecule has 1 amide bonds. The fourth-order valence-electron chi connectivity index (χ4n) is 3.52. The summed E-state index contributed by atoms with van der Waals surface area (Å²) >= 11 is 4.80. The molecule has 1 saturated carbocycles. The zero-order valence-electron chi connectivity index (χ0n) is 15.4. The molecule has 0 radical (unpaired) electrons. The lowest BCUT2D eigenvalue weighted by molar-refractivity contribution is -0.116. The summed E-state index contributed by atoms with van der Waals surface area (Å²) in [4.78, 5) is 25.0. The van der Waals surface area contributed by atoms with E-state index in [1.807, 2.05) is 29.6 Å². The monoisotopic (exact) mass is 449 g/mol. The summed E-state index contributed by atoms with van der Waals surface area (Å²) in [7, 11) is 0. The van der Waals surface area contributed by atoms with E-state index in [4.69, 9.17) is 4.74 Å². The van der Waals surface area contributed by atoms with E-state index in [1.165, 1.54) is 37.0 Å². The number of halogens is 1. The van der Waals surface area contributed by atoms with E-state index in [0.717, 1.165) is 22.0 Å². The molecule has 1 fully saturated rings. The van der Waals surface area contributed by atoms with E-state index in [9.17, 15) is 9.59 Å². The molecule has 0 saturated heterocycles. The second-order valence-electron chi connectivity index (χ2n) is 6.82. The highest BCUT2D eigenvalue weighted by molar-refractivity contribution is 9.10.